The Labute approximate surface area is 175 Å². The molecule has 0 aliphatic carbocycles. The summed E-state index contributed by atoms with van der Waals surface area (Å²) < 4.78 is 38.5. The predicted octanol–water partition coefficient (Wildman–Crippen LogP) is 2.48. The van der Waals surface area contributed by atoms with E-state index in [4.69, 9.17) is 16.3 Å². The molecule has 0 spiro atoms. The standard InChI is InChI=1S/C20H23ClN2O5S/c1-27-20(24)16-5-3-7-18(13-16)29(25,26)22-14-19(23-8-10-28-11-9-23)15-4-2-6-17(21)12-15/h2-7,12-13,19,22H,8-11,14H2,1H3. The van der Waals surface area contributed by atoms with Gasteiger partial charge < -0.3 is 9.47 Å². The zero-order valence-corrected chi connectivity index (χ0v) is 17.6. The molecule has 0 saturated carbocycles. The summed E-state index contributed by atoms with van der Waals surface area (Å²) in [4.78, 5) is 13.9. The van der Waals surface area contributed by atoms with E-state index in [0.717, 1.165) is 5.56 Å². The number of hydrogen-bond donors (Lipinski definition) is 1. The number of nitrogens with one attached hydrogen (secondary N) is 1. The number of methoxy groups -OCH3 is 1. The van der Waals surface area contributed by atoms with Crippen LogP contribution in [0.1, 0.15) is 22.0 Å². The van der Waals surface area contributed by atoms with Crippen LogP contribution in [0.4, 0.5) is 0 Å². The number of ether oxygens (including phenoxy) is 2. The molecule has 1 saturated heterocycles. The highest BCUT2D eigenvalue weighted by atomic mass is 35.5. The number of halogens is 1. The van der Waals surface area contributed by atoms with E-state index in [9.17, 15) is 13.2 Å². The minimum absolute atomic E-state index is 0.00669. The number of benzene rings is 2. The van der Waals surface area contributed by atoms with Gasteiger partial charge >= 0.3 is 5.97 Å². The van der Waals surface area contributed by atoms with Gasteiger partial charge in [-0.3, -0.25) is 4.90 Å². The smallest absolute Gasteiger partial charge is 0.337 e. The number of esters is 1. The molecule has 2 aromatic carbocycles. The van der Waals surface area contributed by atoms with Gasteiger partial charge in [0.25, 0.3) is 0 Å². The Kier molecular flexibility index (Phi) is 7.26. The highest BCUT2D eigenvalue weighted by Crippen LogP contribution is 2.24. The molecule has 1 aliphatic rings. The van der Waals surface area contributed by atoms with Crippen molar-refractivity contribution in [2.45, 2.75) is 10.9 Å². The second-order valence-corrected chi connectivity index (χ2v) is 8.79. The number of nitrogens with zero attached hydrogens (tertiary/aromatic N) is 1. The summed E-state index contributed by atoms with van der Waals surface area (Å²) in [7, 11) is -2.58. The van der Waals surface area contributed by atoms with Crippen LogP contribution in [0, 0.1) is 0 Å². The van der Waals surface area contributed by atoms with Crippen molar-refractivity contribution in [1.29, 1.82) is 0 Å². The van der Waals surface area contributed by atoms with Crippen LogP contribution in [-0.2, 0) is 19.5 Å². The average Bonchev–Trinajstić information content (AvgIpc) is 2.74. The van der Waals surface area contributed by atoms with Crippen molar-refractivity contribution in [3.63, 3.8) is 0 Å². The maximum absolute atomic E-state index is 12.8. The van der Waals surface area contributed by atoms with Gasteiger partial charge in [0.15, 0.2) is 0 Å². The van der Waals surface area contributed by atoms with E-state index in [1.54, 1.807) is 6.07 Å². The zero-order valence-electron chi connectivity index (χ0n) is 16.0. The van der Waals surface area contributed by atoms with E-state index in [2.05, 4.69) is 14.4 Å². The fourth-order valence-corrected chi connectivity index (χ4v) is 4.52. The molecule has 29 heavy (non-hydrogen) atoms. The summed E-state index contributed by atoms with van der Waals surface area (Å²) >= 11 is 6.15. The van der Waals surface area contributed by atoms with Gasteiger partial charge in [-0.2, -0.15) is 0 Å². The minimum atomic E-state index is -3.83. The van der Waals surface area contributed by atoms with Crippen LogP contribution in [0.25, 0.3) is 0 Å². The summed E-state index contributed by atoms with van der Waals surface area (Å²) in [6.45, 7) is 2.72. The predicted molar refractivity (Wildman–Crippen MR) is 110 cm³/mol. The molecule has 0 amide bonds. The Bertz CT molecular complexity index is 961. The Balaban J connectivity index is 1.82. The Morgan fingerprint density at radius 1 is 1.21 bits per heavy atom. The van der Waals surface area contributed by atoms with Crippen LogP contribution < -0.4 is 4.72 Å². The molecule has 1 N–H and O–H groups in total. The Hall–Kier alpha value is -1.97. The van der Waals surface area contributed by atoms with Gasteiger partial charge in [0.1, 0.15) is 0 Å². The first-order valence-corrected chi connectivity index (χ1v) is 11.0. The van der Waals surface area contributed by atoms with Crippen LogP contribution in [0.5, 0.6) is 0 Å². The van der Waals surface area contributed by atoms with Crippen LogP contribution in [0.2, 0.25) is 5.02 Å². The first kappa shape index (κ1) is 21.7. The molecule has 1 aliphatic heterocycles. The molecule has 7 nitrogen and oxygen atoms in total. The molecule has 3 rings (SSSR count). The van der Waals surface area contributed by atoms with Gasteiger partial charge in [0, 0.05) is 30.7 Å². The van der Waals surface area contributed by atoms with E-state index < -0.39 is 16.0 Å². The van der Waals surface area contributed by atoms with Crippen LogP contribution in [0.15, 0.2) is 53.4 Å². The largest absolute Gasteiger partial charge is 0.465 e. The third-order valence-electron chi connectivity index (χ3n) is 4.75. The van der Waals surface area contributed by atoms with Gasteiger partial charge in [-0.05, 0) is 35.9 Å². The van der Waals surface area contributed by atoms with E-state index in [1.807, 2.05) is 18.2 Å². The lowest BCUT2D eigenvalue weighted by Gasteiger charge is -2.35. The molecule has 1 atom stereocenters. The van der Waals surface area contributed by atoms with Crippen molar-refractivity contribution in [3.05, 3.63) is 64.7 Å². The number of morpholine rings is 1. The summed E-state index contributed by atoms with van der Waals surface area (Å²) in [6, 6.07) is 13.0. The lowest BCUT2D eigenvalue weighted by Crippen LogP contribution is -2.43. The second kappa shape index (κ2) is 9.69. The van der Waals surface area contributed by atoms with Crippen molar-refractivity contribution < 1.29 is 22.7 Å². The number of hydrogen-bond acceptors (Lipinski definition) is 6. The molecule has 0 bridgehead atoms. The number of sulfonamides is 1. The van der Waals surface area contributed by atoms with Crippen molar-refractivity contribution in [3.8, 4) is 0 Å². The van der Waals surface area contributed by atoms with Gasteiger partial charge in [0.2, 0.25) is 10.0 Å². The molecule has 1 fully saturated rings. The van der Waals surface area contributed by atoms with Gasteiger partial charge in [-0.1, -0.05) is 29.8 Å². The number of carbonyl (C=O) groups is 1. The summed E-state index contributed by atoms with van der Waals surface area (Å²) in [5, 5.41) is 0.592. The lowest BCUT2D eigenvalue weighted by molar-refractivity contribution is 0.0172. The molecule has 9 heteroatoms. The molecule has 156 valence electrons. The second-order valence-electron chi connectivity index (χ2n) is 6.59. The highest BCUT2D eigenvalue weighted by Gasteiger charge is 2.25. The van der Waals surface area contributed by atoms with Crippen LogP contribution >= 0.6 is 11.6 Å². The minimum Gasteiger partial charge on any atom is -0.465 e. The Morgan fingerprint density at radius 2 is 1.93 bits per heavy atom. The van der Waals surface area contributed by atoms with Gasteiger partial charge in [-0.15, -0.1) is 0 Å². The third kappa shape index (κ3) is 5.55. The summed E-state index contributed by atoms with van der Waals surface area (Å²) in [5.74, 6) is -0.591. The van der Waals surface area contributed by atoms with E-state index in [1.165, 1.54) is 31.4 Å². The monoisotopic (exact) mass is 438 g/mol. The fraction of sp³-hybridized carbons (Fsp3) is 0.350. The van der Waals surface area contributed by atoms with Crippen LogP contribution in [-0.4, -0.2) is 59.2 Å². The van der Waals surface area contributed by atoms with Gasteiger partial charge in [-0.25, -0.2) is 17.9 Å². The molecule has 0 aromatic heterocycles. The van der Waals surface area contributed by atoms with Gasteiger partial charge in [0.05, 0.1) is 30.8 Å². The van der Waals surface area contributed by atoms with Crippen molar-refractivity contribution in [1.82, 2.24) is 9.62 Å². The van der Waals surface area contributed by atoms with E-state index >= 15 is 0 Å². The normalized spacial score (nSPS) is 16.3. The average molecular weight is 439 g/mol. The van der Waals surface area contributed by atoms with E-state index in [-0.39, 0.29) is 23.0 Å². The zero-order chi connectivity index (χ0) is 20.9. The lowest BCUT2D eigenvalue weighted by atomic mass is 10.1. The highest BCUT2D eigenvalue weighted by molar-refractivity contribution is 7.89. The molecular weight excluding hydrogens is 416 g/mol. The topological polar surface area (TPSA) is 84.9 Å². The molecule has 2 aromatic rings. The summed E-state index contributed by atoms with van der Waals surface area (Å²) in [5.41, 5.74) is 1.10. The SMILES string of the molecule is COC(=O)c1cccc(S(=O)(=O)NCC(c2cccc(Cl)c2)N2CCOCC2)c1. The fourth-order valence-electron chi connectivity index (χ4n) is 3.24. The van der Waals surface area contributed by atoms with E-state index in [0.29, 0.717) is 31.3 Å². The van der Waals surface area contributed by atoms with Crippen LogP contribution in [0.3, 0.4) is 0 Å². The molecule has 1 unspecified atom stereocenters. The molecular formula is C20H23ClN2O5S. The Morgan fingerprint density at radius 3 is 2.62 bits per heavy atom. The maximum Gasteiger partial charge on any atom is 0.337 e. The van der Waals surface area contributed by atoms with Crippen molar-refractivity contribution in [2.24, 2.45) is 0 Å². The molecule has 1 heterocycles. The summed E-state index contributed by atoms with van der Waals surface area (Å²) in [6.07, 6.45) is 0. The third-order valence-corrected chi connectivity index (χ3v) is 6.41. The number of rotatable bonds is 7. The quantitative estimate of drug-likeness (QED) is 0.668. The maximum atomic E-state index is 12.8. The number of carbonyl (C=O) groups excluding carboxylic acids is 1. The van der Waals surface area contributed by atoms with Crippen molar-refractivity contribution >= 4 is 27.6 Å². The first-order valence-electron chi connectivity index (χ1n) is 9.16. The van der Waals surface area contributed by atoms with Crippen molar-refractivity contribution in [2.75, 3.05) is 40.0 Å². The molecule has 0 radical (unpaired) electrons. The first-order chi connectivity index (χ1) is 13.9.